The molecular formula is C9H14N2O3. The van der Waals surface area contributed by atoms with Gasteiger partial charge in [-0.15, -0.1) is 4.91 Å². The smallest absolute Gasteiger partial charge is 0.325 e. The summed E-state index contributed by atoms with van der Waals surface area (Å²) in [6, 6.07) is 0.0855. The fourth-order valence-corrected chi connectivity index (χ4v) is 2.92. The maximum Gasteiger partial charge on any atom is 0.325 e. The molecule has 0 spiro atoms. The van der Waals surface area contributed by atoms with E-state index in [1.165, 1.54) is 11.4 Å². The lowest BCUT2D eigenvalue weighted by molar-refractivity contribution is -0.139. The topological polar surface area (TPSA) is 70.0 Å². The van der Waals surface area contributed by atoms with E-state index in [1.807, 2.05) is 0 Å². The molecule has 0 aromatic heterocycles. The van der Waals surface area contributed by atoms with Crippen LogP contribution in [0.15, 0.2) is 5.29 Å². The van der Waals surface area contributed by atoms with Gasteiger partial charge >= 0.3 is 5.97 Å². The Morgan fingerprint density at radius 1 is 1.43 bits per heavy atom. The van der Waals surface area contributed by atoms with Crippen molar-refractivity contribution in [1.82, 2.24) is 5.01 Å². The molecule has 2 aliphatic carbocycles. The van der Waals surface area contributed by atoms with Gasteiger partial charge in [0.25, 0.3) is 0 Å². The van der Waals surface area contributed by atoms with Crippen molar-refractivity contribution in [2.45, 2.75) is 31.7 Å². The summed E-state index contributed by atoms with van der Waals surface area (Å²) in [4.78, 5) is 21.0. The molecule has 78 valence electrons. The Labute approximate surface area is 82.0 Å². The summed E-state index contributed by atoms with van der Waals surface area (Å²) in [6.45, 7) is -0.253. The highest BCUT2D eigenvalue weighted by atomic mass is 16.4. The third kappa shape index (κ3) is 1.58. The molecule has 0 aromatic carbocycles. The van der Waals surface area contributed by atoms with Crippen molar-refractivity contribution >= 4 is 5.97 Å². The number of carboxylic acids is 1. The van der Waals surface area contributed by atoms with Crippen LogP contribution in [-0.2, 0) is 4.79 Å². The molecule has 2 fully saturated rings. The second-order valence-electron chi connectivity index (χ2n) is 4.32. The van der Waals surface area contributed by atoms with Crippen LogP contribution >= 0.6 is 0 Å². The normalized spacial score (nSPS) is 34.4. The van der Waals surface area contributed by atoms with Gasteiger partial charge in [-0.1, -0.05) is 6.42 Å². The molecular weight excluding hydrogens is 184 g/mol. The number of fused-ring (bicyclic) bond motifs is 2. The van der Waals surface area contributed by atoms with Gasteiger partial charge in [0.15, 0.2) is 0 Å². The number of nitroso groups, excluding NO2 is 1. The standard InChI is InChI=1S/C9H14N2O3/c12-9(13)5-11(10-14)8-4-6-1-2-7(8)3-6/h6-8H,1-5H2,(H,12,13)/t6-,7+,8+/m0/s1. The highest BCUT2D eigenvalue weighted by molar-refractivity contribution is 5.69. The lowest BCUT2D eigenvalue weighted by Crippen LogP contribution is -2.38. The van der Waals surface area contributed by atoms with E-state index >= 15 is 0 Å². The van der Waals surface area contributed by atoms with Crippen molar-refractivity contribution in [3.05, 3.63) is 4.91 Å². The Bertz CT molecular complexity index is 256. The van der Waals surface area contributed by atoms with Gasteiger partial charge in [0, 0.05) is 0 Å². The van der Waals surface area contributed by atoms with Crippen molar-refractivity contribution in [2.24, 2.45) is 17.1 Å². The maximum absolute atomic E-state index is 10.5. The molecule has 1 N–H and O–H groups in total. The molecule has 0 amide bonds. The quantitative estimate of drug-likeness (QED) is 0.545. The van der Waals surface area contributed by atoms with Crippen LogP contribution in [0.25, 0.3) is 0 Å². The van der Waals surface area contributed by atoms with Crippen LogP contribution in [0.3, 0.4) is 0 Å². The van der Waals surface area contributed by atoms with E-state index in [-0.39, 0.29) is 12.6 Å². The van der Waals surface area contributed by atoms with Crippen LogP contribution in [0.1, 0.15) is 25.7 Å². The fourth-order valence-electron chi connectivity index (χ4n) is 2.92. The van der Waals surface area contributed by atoms with Gasteiger partial charge in [-0.3, -0.25) is 4.79 Å². The van der Waals surface area contributed by atoms with Crippen molar-refractivity contribution in [3.8, 4) is 0 Å². The first-order valence-electron chi connectivity index (χ1n) is 5.02. The fraction of sp³-hybridized carbons (Fsp3) is 0.889. The highest BCUT2D eigenvalue weighted by Crippen LogP contribution is 2.46. The van der Waals surface area contributed by atoms with Crippen LogP contribution in [0.5, 0.6) is 0 Å². The number of carbonyl (C=O) groups is 1. The minimum atomic E-state index is -0.979. The molecule has 0 saturated heterocycles. The monoisotopic (exact) mass is 198 g/mol. The molecule has 5 heteroatoms. The van der Waals surface area contributed by atoms with Crippen LogP contribution in [0, 0.1) is 16.7 Å². The lowest BCUT2D eigenvalue weighted by atomic mass is 9.95. The molecule has 2 rings (SSSR count). The van der Waals surface area contributed by atoms with Gasteiger partial charge in [0.05, 0.1) is 11.3 Å². The number of hydrogen-bond donors (Lipinski definition) is 1. The van der Waals surface area contributed by atoms with Crippen LogP contribution in [0.2, 0.25) is 0 Å². The average molecular weight is 198 g/mol. The highest BCUT2D eigenvalue weighted by Gasteiger charge is 2.43. The van der Waals surface area contributed by atoms with E-state index < -0.39 is 5.97 Å². The van der Waals surface area contributed by atoms with Crippen molar-refractivity contribution < 1.29 is 9.90 Å². The maximum atomic E-state index is 10.5. The molecule has 2 bridgehead atoms. The van der Waals surface area contributed by atoms with E-state index in [9.17, 15) is 9.70 Å². The van der Waals surface area contributed by atoms with Gasteiger partial charge in [-0.25, -0.2) is 5.01 Å². The Morgan fingerprint density at radius 3 is 2.64 bits per heavy atom. The second-order valence-corrected chi connectivity index (χ2v) is 4.32. The minimum Gasteiger partial charge on any atom is -0.480 e. The molecule has 14 heavy (non-hydrogen) atoms. The third-order valence-corrected chi connectivity index (χ3v) is 3.49. The summed E-state index contributed by atoms with van der Waals surface area (Å²) in [6.07, 6.45) is 4.46. The van der Waals surface area contributed by atoms with Crippen LogP contribution in [-0.4, -0.2) is 28.7 Å². The van der Waals surface area contributed by atoms with Gasteiger partial charge in [-0.2, -0.15) is 0 Å². The number of carboxylic acid groups (broad SMARTS) is 1. The third-order valence-electron chi connectivity index (χ3n) is 3.49. The summed E-state index contributed by atoms with van der Waals surface area (Å²) >= 11 is 0. The summed E-state index contributed by atoms with van der Waals surface area (Å²) in [5.74, 6) is 0.215. The van der Waals surface area contributed by atoms with Gasteiger partial charge < -0.3 is 5.11 Å². The Balaban J connectivity index is 1.98. The van der Waals surface area contributed by atoms with E-state index in [0.29, 0.717) is 11.8 Å². The van der Waals surface area contributed by atoms with Crippen molar-refractivity contribution in [2.75, 3.05) is 6.54 Å². The van der Waals surface area contributed by atoms with E-state index in [2.05, 4.69) is 5.29 Å². The summed E-state index contributed by atoms with van der Waals surface area (Å²) < 4.78 is 0. The molecule has 0 unspecified atom stereocenters. The van der Waals surface area contributed by atoms with Crippen LogP contribution in [0.4, 0.5) is 0 Å². The predicted octanol–water partition coefficient (Wildman–Crippen LogP) is 1.24. The lowest BCUT2D eigenvalue weighted by Gasteiger charge is -2.28. The Morgan fingerprint density at radius 2 is 2.21 bits per heavy atom. The first kappa shape index (κ1) is 9.43. The summed E-state index contributed by atoms with van der Waals surface area (Å²) in [7, 11) is 0. The number of rotatable bonds is 4. The predicted molar refractivity (Wildman–Crippen MR) is 49.4 cm³/mol. The van der Waals surface area contributed by atoms with E-state index in [0.717, 1.165) is 19.3 Å². The molecule has 0 heterocycles. The second kappa shape index (κ2) is 3.55. The average Bonchev–Trinajstić information content (AvgIpc) is 2.74. The number of aliphatic carboxylic acids is 1. The van der Waals surface area contributed by atoms with E-state index in [4.69, 9.17) is 5.11 Å². The zero-order chi connectivity index (χ0) is 10.1. The Hall–Kier alpha value is -1.13. The zero-order valence-electron chi connectivity index (χ0n) is 7.93. The SMILES string of the molecule is O=NN(CC(=O)O)[C@@H]1C[C@H]2CC[C@@H]1C2. The molecule has 5 nitrogen and oxygen atoms in total. The van der Waals surface area contributed by atoms with Gasteiger partial charge in [-0.05, 0) is 31.1 Å². The Kier molecular flexibility index (Phi) is 2.39. The summed E-state index contributed by atoms with van der Waals surface area (Å²) in [5.41, 5.74) is 0. The molecule has 0 radical (unpaired) electrons. The van der Waals surface area contributed by atoms with E-state index in [1.54, 1.807) is 0 Å². The van der Waals surface area contributed by atoms with Crippen molar-refractivity contribution in [3.63, 3.8) is 0 Å². The minimum absolute atomic E-state index is 0.0855. The molecule has 2 aliphatic rings. The molecule has 3 atom stereocenters. The van der Waals surface area contributed by atoms with Gasteiger partial charge in [0.2, 0.25) is 0 Å². The van der Waals surface area contributed by atoms with Crippen LogP contribution < -0.4 is 0 Å². The zero-order valence-corrected chi connectivity index (χ0v) is 7.93. The largest absolute Gasteiger partial charge is 0.480 e. The molecule has 0 aliphatic heterocycles. The first-order chi connectivity index (χ1) is 6.70. The van der Waals surface area contributed by atoms with Crippen molar-refractivity contribution in [1.29, 1.82) is 0 Å². The van der Waals surface area contributed by atoms with Gasteiger partial charge in [0.1, 0.15) is 6.54 Å². The number of nitrogens with zero attached hydrogens (tertiary/aromatic N) is 2. The first-order valence-corrected chi connectivity index (χ1v) is 5.02. The molecule has 0 aromatic rings. The molecule has 2 saturated carbocycles. The summed E-state index contributed by atoms with van der Waals surface area (Å²) in [5, 5.41) is 12.7. The number of hydrogen-bond acceptors (Lipinski definition) is 3.